The largest absolute Gasteiger partial charge is 0.423 e. The van der Waals surface area contributed by atoms with Gasteiger partial charge in [-0.3, -0.25) is 9.52 Å². The highest BCUT2D eigenvalue weighted by atomic mass is 32.2. The van der Waals surface area contributed by atoms with E-state index in [1.54, 1.807) is 18.2 Å². The number of halogens is 1. The molecule has 1 saturated heterocycles. The third-order valence-corrected chi connectivity index (χ3v) is 8.20. The molecule has 9 nitrogen and oxygen atoms in total. The van der Waals surface area contributed by atoms with Crippen molar-refractivity contribution < 1.29 is 22.0 Å². The van der Waals surface area contributed by atoms with Crippen LogP contribution >= 0.6 is 23.5 Å². The van der Waals surface area contributed by atoms with E-state index >= 15 is 0 Å². The van der Waals surface area contributed by atoms with Crippen molar-refractivity contribution in [2.45, 2.75) is 17.7 Å². The summed E-state index contributed by atoms with van der Waals surface area (Å²) in [5, 5.41) is 6.70. The minimum Gasteiger partial charge on any atom is -0.423 e. The molecule has 5 rings (SSSR count). The van der Waals surface area contributed by atoms with Crippen molar-refractivity contribution in [2.75, 3.05) is 6.26 Å². The van der Waals surface area contributed by atoms with Crippen molar-refractivity contribution in [1.29, 1.82) is 0 Å². The molecule has 2 aromatic heterocycles. The highest BCUT2D eigenvalue weighted by Gasteiger charge is 2.35. The van der Waals surface area contributed by atoms with E-state index in [1.807, 2.05) is 18.2 Å². The predicted molar refractivity (Wildman–Crippen MR) is 122 cm³/mol. The van der Waals surface area contributed by atoms with Crippen LogP contribution in [0.2, 0.25) is 0 Å². The fourth-order valence-corrected chi connectivity index (χ4v) is 6.58. The molecule has 2 aromatic carbocycles. The molecule has 2 N–H and O–H groups in total. The topological polar surface area (TPSA) is 127 Å². The van der Waals surface area contributed by atoms with Crippen LogP contribution in [0.5, 0.6) is 0 Å². The lowest BCUT2D eigenvalue weighted by Crippen LogP contribution is -2.30. The Hall–Kier alpha value is -2.87. The number of nitrogens with one attached hydrogen (secondary N) is 2. The number of thiazole rings is 1. The average Bonchev–Trinajstić information content (AvgIpc) is 3.48. The Labute approximate surface area is 196 Å². The molecule has 1 unspecified atom stereocenters. The number of benzene rings is 2. The minimum atomic E-state index is -3.76. The van der Waals surface area contributed by atoms with Gasteiger partial charge in [0.15, 0.2) is 15.1 Å². The molecular weight excluding hydrogens is 489 g/mol. The number of rotatable bonds is 6. The molecular formula is C20H16FN5O4S3. The number of aromatic nitrogens is 3. The van der Waals surface area contributed by atoms with E-state index in [2.05, 4.69) is 24.6 Å². The smallest absolute Gasteiger partial charge is 0.249 e. The number of amides is 1. The molecule has 1 aliphatic rings. The maximum Gasteiger partial charge on any atom is 0.249 e. The van der Waals surface area contributed by atoms with Crippen molar-refractivity contribution in [3.63, 3.8) is 0 Å². The first kappa shape index (κ1) is 21.9. The number of carbonyl (C=O) groups excluding carboxylic acids is 1. The molecule has 1 fully saturated rings. The van der Waals surface area contributed by atoms with Crippen LogP contribution in [0.3, 0.4) is 0 Å². The first-order valence-electron chi connectivity index (χ1n) is 9.67. The fourth-order valence-electron chi connectivity index (χ4n) is 3.43. The molecule has 13 heteroatoms. The summed E-state index contributed by atoms with van der Waals surface area (Å²) in [6.45, 7) is 0. The number of hydrogen-bond acceptors (Lipinski definition) is 10. The van der Waals surface area contributed by atoms with E-state index in [1.165, 1.54) is 6.07 Å². The number of carbonyl (C=O) groups is 1. The van der Waals surface area contributed by atoms with E-state index in [4.69, 9.17) is 4.42 Å². The molecule has 0 aliphatic carbocycles. The molecule has 170 valence electrons. The molecule has 1 aliphatic heterocycles. The molecule has 0 saturated carbocycles. The van der Waals surface area contributed by atoms with Crippen molar-refractivity contribution in [3.8, 4) is 11.1 Å². The van der Waals surface area contributed by atoms with E-state index in [9.17, 15) is 17.6 Å². The Kier molecular flexibility index (Phi) is 5.64. The summed E-state index contributed by atoms with van der Waals surface area (Å²) in [6, 6.07) is 11.4. The van der Waals surface area contributed by atoms with Crippen molar-refractivity contribution in [1.82, 2.24) is 24.6 Å². The molecule has 4 aromatic rings. The van der Waals surface area contributed by atoms with Crippen LogP contribution < -0.4 is 9.44 Å². The van der Waals surface area contributed by atoms with Gasteiger partial charge >= 0.3 is 0 Å². The molecule has 0 bridgehead atoms. The third kappa shape index (κ3) is 4.36. The van der Waals surface area contributed by atoms with E-state index < -0.39 is 26.9 Å². The minimum absolute atomic E-state index is 0.105. The van der Waals surface area contributed by atoms with E-state index in [0.717, 1.165) is 29.7 Å². The maximum absolute atomic E-state index is 14.8. The first-order chi connectivity index (χ1) is 15.8. The molecule has 3 heterocycles. The number of nitrogens with zero attached hydrogens (tertiary/aromatic N) is 3. The van der Waals surface area contributed by atoms with Gasteiger partial charge in [0, 0.05) is 30.0 Å². The van der Waals surface area contributed by atoms with Gasteiger partial charge in [-0.25, -0.2) is 22.5 Å². The van der Waals surface area contributed by atoms with Gasteiger partial charge in [0.1, 0.15) is 16.9 Å². The van der Waals surface area contributed by atoms with Gasteiger partial charge < -0.3 is 4.42 Å². The predicted octanol–water partition coefficient (Wildman–Crippen LogP) is 2.81. The van der Waals surface area contributed by atoms with Gasteiger partial charge in [-0.2, -0.15) is 0 Å². The highest BCUT2D eigenvalue weighted by Crippen LogP contribution is 2.37. The summed E-state index contributed by atoms with van der Waals surface area (Å²) < 4.78 is 51.7. The normalized spacial score (nSPS) is 17.4. The summed E-state index contributed by atoms with van der Waals surface area (Å²) >= 11 is 2.18. The summed E-state index contributed by atoms with van der Waals surface area (Å²) in [7, 11) is -3.76. The Balaban J connectivity index is 1.52. The van der Waals surface area contributed by atoms with E-state index in [0.29, 0.717) is 21.3 Å². The number of hydrogen-bond donors (Lipinski definition) is 2. The van der Waals surface area contributed by atoms with Crippen LogP contribution in [0.1, 0.15) is 22.0 Å². The molecule has 2 atom stereocenters. The van der Waals surface area contributed by atoms with Gasteiger partial charge in [0.2, 0.25) is 17.7 Å². The average molecular weight is 506 g/mol. The zero-order chi connectivity index (χ0) is 23.2. The molecule has 0 radical (unpaired) electrons. The second kappa shape index (κ2) is 8.48. The summed E-state index contributed by atoms with van der Waals surface area (Å²) in [6.07, 6.45) is 1.15. The Morgan fingerprint density at radius 3 is 2.70 bits per heavy atom. The Morgan fingerprint density at radius 1 is 1.21 bits per heavy atom. The van der Waals surface area contributed by atoms with Gasteiger partial charge in [-0.05, 0) is 11.6 Å². The lowest BCUT2D eigenvalue weighted by Gasteiger charge is -2.07. The summed E-state index contributed by atoms with van der Waals surface area (Å²) in [5.74, 6) is -0.725. The maximum atomic E-state index is 14.8. The van der Waals surface area contributed by atoms with Crippen LogP contribution in [0.25, 0.3) is 21.3 Å². The SMILES string of the molecule is CS(=O)(=O)C(c1nnc(C[C@@H]2NSNC2=O)o1)c1nc2cc(F)c(-c3ccccc3)cc2s1. The summed E-state index contributed by atoms with van der Waals surface area (Å²) in [5.41, 5.74) is 1.44. The summed E-state index contributed by atoms with van der Waals surface area (Å²) in [4.78, 5) is 16.1. The van der Waals surface area contributed by atoms with Gasteiger partial charge in [0.05, 0.1) is 16.6 Å². The lowest BCUT2D eigenvalue weighted by molar-refractivity contribution is -0.120. The van der Waals surface area contributed by atoms with Crippen molar-refractivity contribution >= 4 is 49.4 Å². The fraction of sp³-hybridized carbons (Fsp3) is 0.200. The van der Waals surface area contributed by atoms with Crippen LogP contribution in [0, 0.1) is 5.82 Å². The second-order valence-corrected chi connectivity index (χ2v) is 11.2. The molecule has 0 spiro atoms. The van der Waals surface area contributed by atoms with Gasteiger partial charge in [-0.1, -0.05) is 30.3 Å². The van der Waals surface area contributed by atoms with Crippen molar-refractivity contribution in [2.24, 2.45) is 0 Å². The van der Waals surface area contributed by atoms with Crippen LogP contribution in [0.15, 0.2) is 46.9 Å². The number of sulfone groups is 1. The first-order valence-corrected chi connectivity index (χ1v) is 13.3. The quantitative estimate of drug-likeness (QED) is 0.380. The zero-order valence-electron chi connectivity index (χ0n) is 17.0. The zero-order valence-corrected chi connectivity index (χ0v) is 19.4. The lowest BCUT2D eigenvalue weighted by atomic mass is 10.1. The van der Waals surface area contributed by atoms with Crippen LogP contribution in [-0.2, 0) is 21.1 Å². The standard InChI is InChI=1S/C20H16FN5O4S3/c1-33(28,29)17(19-24-23-16(30-19)9-14-18(27)26-32-25-14)20-22-13-8-12(21)11(7-15(13)31-20)10-5-3-2-4-6-10/h2-8,14,17,25H,9H2,1H3,(H,26,27)/t14-,17?/m0/s1. The number of fused-ring (bicyclic) bond motifs is 1. The van der Waals surface area contributed by atoms with Crippen LogP contribution in [0.4, 0.5) is 4.39 Å². The van der Waals surface area contributed by atoms with Crippen LogP contribution in [-0.4, -0.2) is 41.8 Å². The Morgan fingerprint density at radius 2 is 2.00 bits per heavy atom. The van der Waals surface area contributed by atoms with Gasteiger partial charge in [-0.15, -0.1) is 21.5 Å². The third-order valence-electron chi connectivity index (χ3n) is 4.99. The second-order valence-electron chi connectivity index (χ2n) is 7.40. The monoisotopic (exact) mass is 505 g/mol. The molecule has 1 amide bonds. The van der Waals surface area contributed by atoms with Gasteiger partial charge in [0.25, 0.3) is 0 Å². The Bertz CT molecular complexity index is 1460. The molecule has 33 heavy (non-hydrogen) atoms. The van der Waals surface area contributed by atoms with E-state index in [-0.39, 0.29) is 29.1 Å². The van der Waals surface area contributed by atoms with Crippen molar-refractivity contribution in [3.05, 3.63) is 65.1 Å². The highest BCUT2D eigenvalue weighted by molar-refractivity contribution is 7.96.